The summed E-state index contributed by atoms with van der Waals surface area (Å²) < 4.78 is 2.47. The van der Waals surface area contributed by atoms with Gasteiger partial charge in [0.15, 0.2) is 0 Å². The Labute approximate surface area is 111 Å². The van der Waals surface area contributed by atoms with Gasteiger partial charge in [0.2, 0.25) is 0 Å². The van der Waals surface area contributed by atoms with Crippen LogP contribution in [0.15, 0.2) is 36.4 Å². The number of hydrogen-bond acceptors (Lipinski definition) is 2. The van der Waals surface area contributed by atoms with E-state index in [1.807, 2.05) is 12.1 Å². The molecule has 0 bridgehead atoms. The number of phenolic OH excluding ortho intramolecular Hbond substituents is 1. The fraction of sp³-hybridized carbons (Fsp3) is 0.250. The van der Waals surface area contributed by atoms with Crippen molar-refractivity contribution in [3.8, 4) is 5.75 Å². The zero-order valence-electron chi connectivity index (χ0n) is 10.6. The van der Waals surface area contributed by atoms with E-state index in [2.05, 4.69) is 32.0 Å². The molecule has 0 aliphatic rings. The third-order valence-corrected chi connectivity index (χ3v) is 4.78. The van der Waals surface area contributed by atoms with Crippen molar-refractivity contribution in [3.63, 3.8) is 0 Å². The second-order valence-electron chi connectivity index (χ2n) is 4.85. The molecule has 0 spiro atoms. The first-order valence-electron chi connectivity index (χ1n) is 6.34. The Bertz CT molecular complexity index is 712. The molecule has 0 radical (unpaired) electrons. The number of hydrogen-bond donors (Lipinski definition) is 1. The van der Waals surface area contributed by atoms with E-state index in [0.29, 0.717) is 11.7 Å². The molecule has 2 heteroatoms. The van der Waals surface area contributed by atoms with E-state index in [4.69, 9.17) is 0 Å². The van der Waals surface area contributed by atoms with Gasteiger partial charge in [0.05, 0.1) is 0 Å². The van der Waals surface area contributed by atoms with Crippen LogP contribution in [-0.2, 0) is 0 Å². The van der Waals surface area contributed by atoms with Gasteiger partial charge in [-0.25, -0.2) is 0 Å². The van der Waals surface area contributed by atoms with Crippen molar-refractivity contribution in [3.05, 3.63) is 42.0 Å². The SMILES string of the molecule is CCC(C)c1ccc2c(c1)sc1cc(O)ccc12. The Balaban J connectivity index is 2.26. The number of aromatic hydroxyl groups is 1. The van der Waals surface area contributed by atoms with Crippen LogP contribution in [0.4, 0.5) is 0 Å². The van der Waals surface area contributed by atoms with Crippen LogP contribution >= 0.6 is 11.3 Å². The quantitative estimate of drug-likeness (QED) is 0.662. The van der Waals surface area contributed by atoms with Crippen molar-refractivity contribution in [1.29, 1.82) is 0 Å². The number of rotatable bonds is 2. The number of thiophene rings is 1. The van der Waals surface area contributed by atoms with Crippen molar-refractivity contribution in [1.82, 2.24) is 0 Å². The minimum atomic E-state index is 0.344. The summed E-state index contributed by atoms with van der Waals surface area (Å²) in [6.45, 7) is 4.48. The van der Waals surface area contributed by atoms with Crippen LogP contribution < -0.4 is 0 Å². The zero-order valence-corrected chi connectivity index (χ0v) is 11.4. The maximum Gasteiger partial charge on any atom is 0.117 e. The highest BCUT2D eigenvalue weighted by molar-refractivity contribution is 7.25. The van der Waals surface area contributed by atoms with Gasteiger partial charge in [-0.2, -0.15) is 0 Å². The van der Waals surface area contributed by atoms with E-state index in [9.17, 15) is 5.11 Å². The largest absolute Gasteiger partial charge is 0.508 e. The first-order chi connectivity index (χ1) is 8.69. The molecular formula is C16H16OS. The lowest BCUT2D eigenvalue weighted by molar-refractivity contribution is 0.476. The van der Waals surface area contributed by atoms with Crippen LogP contribution in [0.1, 0.15) is 31.7 Å². The van der Waals surface area contributed by atoms with Crippen LogP contribution in [0.3, 0.4) is 0 Å². The topological polar surface area (TPSA) is 20.2 Å². The van der Waals surface area contributed by atoms with Crippen LogP contribution in [0.25, 0.3) is 20.2 Å². The maximum atomic E-state index is 9.54. The minimum Gasteiger partial charge on any atom is -0.508 e. The molecule has 0 aliphatic carbocycles. The highest BCUT2D eigenvalue weighted by atomic mass is 32.1. The molecule has 18 heavy (non-hydrogen) atoms. The van der Waals surface area contributed by atoms with Gasteiger partial charge in [0, 0.05) is 20.2 Å². The number of fused-ring (bicyclic) bond motifs is 3. The van der Waals surface area contributed by atoms with Gasteiger partial charge >= 0.3 is 0 Å². The second-order valence-corrected chi connectivity index (χ2v) is 5.93. The van der Waals surface area contributed by atoms with Crippen LogP contribution in [0.2, 0.25) is 0 Å². The highest BCUT2D eigenvalue weighted by Gasteiger charge is 2.08. The third-order valence-electron chi connectivity index (χ3n) is 3.66. The first kappa shape index (κ1) is 11.5. The highest BCUT2D eigenvalue weighted by Crippen LogP contribution is 2.37. The van der Waals surface area contributed by atoms with Crippen molar-refractivity contribution >= 4 is 31.5 Å². The number of phenols is 1. The van der Waals surface area contributed by atoms with Crippen molar-refractivity contribution < 1.29 is 5.11 Å². The average Bonchev–Trinajstić information content (AvgIpc) is 2.73. The summed E-state index contributed by atoms with van der Waals surface area (Å²) in [5, 5.41) is 12.1. The molecule has 1 nitrogen and oxygen atoms in total. The van der Waals surface area contributed by atoms with Gasteiger partial charge in [-0.3, -0.25) is 0 Å². The zero-order chi connectivity index (χ0) is 12.7. The Morgan fingerprint density at radius 2 is 1.72 bits per heavy atom. The summed E-state index contributed by atoms with van der Waals surface area (Å²) in [7, 11) is 0. The molecule has 0 amide bonds. The molecule has 1 atom stereocenters. The Morgan fingerprint density at radius 1 is 1.06 bits per heavy atom. The van der Waals surface area contributed by atoms with Crippen LogP contribution in [0.5, 0.6) is 5.75 Å². The summed E-state index contributed by atoms with van der Waals surface area (Å²) in [4.78, 5) is 0. The van der Waals surface area contributed by atoms with Gasteiger partial charge in [-0.15, -0.1) is 11.3 Å². The van der Waals surface area contributed by atoms with E-state index < -0.39 is 0 Å². The summed E-state index contributed by atoms with van der Waals surface area (Å²) in [6.07, 6.45) is 1.16. The van der Waals surface area contributed by atoms with E-state index in [1.165, 1.54) is 21.0 Å². The van der Waals surface area contributed by atoms with Crippen molar-refractivity contribution in [2.24, 2.45) is 0 Å². The van der Waals surface area contributed by atoms with Gasteiger partial charge in [0.25, 0.3) is 0 Å². The molecule has 3 aromatic rings. The van der Waals surface area contributed by atoms with E-state index in [1.54, 1.807) is 17.4 Å². The molecule has 1 aromatic heterocycles. The summed E-state index contributed by atoms with van der Waals surface area (Å²) in [5.74, 6) is 0.948. The van der Waals surface area contributed by atoms with Crippen LogP contribution in [0, 0.1) is 0 Å². The summed E-state index contributed by atoms with van der Waals surface area (Å²) in [5.41, 5.74) is 1.40. The van der Waals surface area contributed by atoms with E-state index in [0.717, 1.165) is 11.1 Å². The smallest absolute Gasteiger partial charge is 0.117 e. The summed E-state index contributed by atoms with van der Waals surface area (Å²) >= 11 is 1.76. The van der Waals surface area contributed by atoms with E-state index >= 15 is 0 Å². The fourth-order valence-electron chi connectivity index (χ4n) is 2.32. The average molecular weight is 256 g/mol. The lowest BCUT2D eigenvalue weighted by Gasteiger charge is -2.08. The number of benzene rings is 2. The van der Waals surface area contributed by atoms with Gasteiger partial charge in [0.1, 0.15) is 5.75 Å². The first-order valence-corrected chi connectivity index (χ1v) is 7.16. The van der Waals surface area contributed by atoms with E-state index in [-0.39, 0.29) is 0 Å². The maximum absolute atomic E-state index is 9.54. The molecule has 1 N–H and O–H groups in total. The molecule has 1 heterocycles. The van der Waals surface area contributed by atoms with Crippen LogP contribution in [-0.4, -0.2) is 5.11 Å². The molecule has 0 saturated heterocycles. The third kappa shape index (κ3) is 1.77. The molecular weight excluding hydrogens is 240 g/mol. The molecule has 2 aromatic carbocycles. The van der Waals surface area contributed by atoms with Crippen molar-refractivity contribution in [2.45, 2.75) is 26.2 Å². The molecule has 0 aliphatic heterocycles. The van der Waals surface area contributed by atoms with Gasteiger partial charge in [-0.1, -0.05) is 26.0 Å². The fourth-order valence-corrected chi connectivity index (χ4v) is 3.51. The van der Waals surface area contributed by atoms with Gasteiger partial charge < -0.3 is 5.11 Å². The Hall–Kier alpha value is -1.54. The van der Waals surface area contributed by atoms with Crippen molar-refractivity contribution in [2.75, 3.05) is 0 Å². The lowest BCUT2D eigenvalue weighted by atomic mass is 9.98. The summed E-state index contributed by atoms with van der Waals surface area (Å²) in [6, 6.07) is 12.4. The second kappa shape index (κ2) is 4.29. The standard InChI is InChI=1S/C16H16OS/c1-3-10(2)11-4-6-13-14-7-5-12(17)9-16(14)18-15(13)8-11/h4-10,17H,3H2,1-2H3. The predicted molar refractivity (Wildman–Crippen MR) is 79.7 cm³/mol. The Morgan fingerprint density at radius 3 is 2.44 bits per heavy atom. The normalized spacial score (nSPS) is 13.2. The molecule has 0 fully saturated rings. The molecule has 1 unspecified atom stereocenters. The predicted octanol–water partition coefficient (Wildman–Crippen LogP) is 5.27. The Kier molecular flexibility index (Phi) is 2.75. The monoisotopic (exact) mass is 256 g/mol. The molecule has 0 saturated carbocycles. The van der Waals surface area contributed by atoms with Gasteiger partial charge in [-0.05, 0) is 42.2 Å². The molecule has 3 rings (SSSR count). The lowest BCUT2D eigenvalue weighted by Crippen LogP contribution is -1.89. The molecule has 92 valence electrons. The minimum absolute atomic E-state index is 0.344.